The highest BCUT2D eigenvalue weighted by atomic mass is 19.4. The third kappa shape index (κ3) is 6.31. The lowest BCUT2D eigenvalue weighted by Gasteiger charge is -2.31. The molecule has 0 aliphatic heterocycles. The Labute approximate surface area is 201 Å². The van der Waals surface area contributed by atoms with Crippen molar-refractivity contribution < 1.29 is 35.9 Å². The normalized spacial score (nSPS) is 13.9. The van der Waals surface area contributed by atoms with Gasteiger partial charge in [-0.1, -0.05) is 0 Å². The predicted octanol–water partition coefficient (Wildman–Crippen LogP) is 4.56. The lowest BCUT2D eigenvalue weighted by atomic mass is 10.1. The van der Waals surface area contributed by atoms with Crippen LogP contribution in [0.15, 0.2) is 31.0 Å². The van der Waals surface area contributed by atoms with E-state index < -0.39 is 43.3 Å². The van der Waals surface area contributed by atoms with Gasteiger partial charge in [0.25, 0.3) is 5.88 Å². The Balaban J connectivity index is 1.84. The number of imidazole rings is 1. The predicted molar refractivity (Wildman–Crippen MR) is 115 cm³/mol. The van der Waals surface area contributed by atoms with E-state index in [0.29, 0.717) is 17.0 Å². The molecule has 2 atom stereocenters. The Hall–Kier alpha value is -3.65. The second-order valence-electron chi connectivity index (χ2n) is 7.78. The monoisotopic (exact) mass is 519 g/mol. The summed E-state index contributed by atoms with van der Waals surface area (Å²) in [5.41, 5.74) is 1.48. The largest absolute Gasteiger partial charge is 0.478 e. The van der Waals surface area contributed by atoms with Crippen molar-refractivity contribution in [2.24, 2.45) is 0 Å². The van der Waals surface area contributed by atoms with E-state index in [1.807, 2.05) is 0 Å². The number of ether oxygens (including phenoxy) is 1. The van der Waals surface area contributed by atoms with Gasteiger partial charge < -0.3 is 19.4 Å². The van der Waals surface area contributed by atoms with Crippen LogP contribution >= 0.6 is 0 Å². The van der Waals surface area contributed by atoms with Gasteiger partial charge in [0.15, 0.2) is 5.65 Å². The van der Waals surface area contributed by atoms with Crippen molar-refractivity contribution in [3.05, 3.63) is 36.7 Å². The molecule has 0 spiro atoms. The lowest BCUT2D eigenvalue weighted by Crippen LogP contribution is -2.51. The maximum atomic E-state index is 13.3. The standard InChI is InChI=1S/C21H23F6N7O2/c1-4-34(19(35)32-16(21(25,26)27)5-6-20(22,23)24)12(2)13-9-14(30-11-29-13)15-10-33-8-7-28-17(33)18(31-15)36-3/h7-12,16H,4-6H2,1-3H3,(H,32,35). The molecule has 0 saturated carbocycles. The van der Waals surface area contributed by atoms with Gasteiger partial charge in [0.05, 0.1) is 24.5 Å². The number of fused-ring (bicyclic) bond motifs is 1. The van der Waals surface area contributed by atoms with E-state index >= 15 is 0 Å². The molecule has 0 aromatic carbocycles. The number of alkyl halides is 6. The first-order valence-electron chi connectivity index (χ1n) is 10.7. The van der Waals surface area contributed by atoms with Crippen molar-refractivity contribution in [1.82, 2.24) is 34.6 Å². The van der Waals surface area contributed by atoms with E-state index in [1.165, 1.54) is 33.4 Å². The molecule has 196 valence electrons. The molecule has 15 heteroatoms. The van der Waals surface area contributed by atoms with Crippen LogP contribution in [0.3, 0.4) is 0 Å². The fourth-order valence-corrected chi connectivity index (χ4v) is 3.51. The first kappa shape index (κ1) is 26.9. The molecule has 0 radical (unpaired) electrons. The molecule has 0 fully saturated rings. The molecule has 1 N–H and O–H groups in total. The summed E-state index contributed by atoms with van der Waals surface area (Å²) in [4.78, 5) is 30.5. The van der Waals surface area contributed by atoms with Gasteiger partial charge in [-0.15, -0.1) is 0 Å². The highest BCUT2D eigenvalue weighted by molar-refractivity contribution is 5.75. The van der Waals surface area contributed by atoms with Crippen LogP contribution in [0.25, 0.3) is 17.0 Å². The highest BCUT2D eigenvalue weighted by Crippen LogP contribution is 2.30. The zero-order valence-corrected chi connectivity index (χ0v) is 19.4. The third-order valence-electron chi connectivity index (χ3n) is 5.39. The van der Waals surface area contributed by atoms with Gasteiger partial charge in [0.2, 0.25) is 0 Å². The van der Waals surface area contributed by atoms with Gasteiger partial charge in [-0.05, 0) is 26.3 Å². The maximum absolute atomic E-state index is 13.3. The second-order valence-corrected chi connectivity index (χ2v) is 7.78. The average molecular weight is 519 g/mol. The zero-order valence-electron chi connectivity index (χ0n) is 19.4. The maximum Gasteiger partial charge on any atom is 0.408 e. The summed E-state index contributed by atoms with van der Waals surface area (Å²) in [5, 5.41) is 1.69. The molecule has 0 saturated heterocycles. The van der Waals surface area contributed by atoms with E-state index in [0.717, 1.165) is 4.90 Å². The van der Waals surface area contributed by atoms with Crippen LogP contribution in [0.2, 0.25) is 0 Å². The number of nitrogens with zero attached hydrogens (tertiary/aromatic N) is 6. The highest BCUT2D eigenvalue weighted by Gasteiger charge is 2.43. The van der Waals surface area contributed by atoms with Crippen molar-refractivity contribution in [3.63, 3.8) is 0 Å². The van der Waals surface area contributed by atoms with Crippen molar-refractivity contribution >= 4 is 11.7 Å². The van der Waals surface area contributed by atoms with Crippen LogP contribution < -0.4 is 10.1 Å². The van der Waals surface area contributed by atoms with Gasteiger partial charge in [-0.2, -0.15) is 26.3 Å². The van der Waals surface area contributed by atoms with E-state index in [1.54, 1.807) is 28.3 Å². The van der Waals surface area contributed by atoms with Crippen molar-refractivity contribution in [3.8, 4) is 17.3 Å². The molecule has 2 amide bonds. The Morgan fingerprint density at radius 3 is 2.50 bits per heavy atom. The number of carbonyl (C=O) groups excluding carboxylic acids is 1. The van der Waals surface area contributed by atoms with Crippen LogP contribution in [0, 0.1) is 0 Å². The minimum atomic E-state index is -5.05. The zero-order chi connectivity index (χ0) is 26.7. The summed E-state index contributed by atoms with van der Waals surface area (Å²) in [6.07, 6.45) is -6.79. The summed E-state index contributed by atoms with van der Waals surface area (Å²) in [5.74, 6) is 0.234. The van der Waals surface area contributed by atoms with Gasteiger partial charge in [0, 0.05) is 31.6 Å². The lowest BCUT2D eigenvalue weighted by molar-refractivity contribution is -0.171. The first-order chi connectivity index (χ1) is 16.8. The minimum Gasteiger partial charge on any atom is -0.478 e. The number of rotatable bonds is 8. The molecule has 2 unspecified atom stereocenters. The summed E-state index contributed by atoms with van der Waals surface area (Å²) in [7, 11) is 1.43. The topological polar surface area (TPSA) is 97.5 Å². The van der Waals surface area contributed by atoms with Gasteiger partial charge in [-0.3, -0.25) is 0 Å². The minimum absolute atomic E-state index is 0.0384. The summed E-state index contributed by atoms with van der Waals surface area (Å²) in [6, 6.07) is -3.16. The molecule has 36 heavy (non-hydrogen) atoms. The molecule has 3 aromatic rings. The molecule has 3 aromatic heterocycles. The molecule has 0 aliphatic carbocycles. The first-order valence-corrected chi connectivity index (χ1v) is 10.7. The molecular formula is C21H23F6N7O2. The number of halogens is 6. The van der Waals surface area contributed by atoms with E-state index in [-0.39, 0.29) is 18.1 Å². The van der Waals surface area contributed by atoms with E-state index in [4.69, 9.17) is 4.74 Å². The average Bonchev–Trinajstić information content (AvgIpc) is 3.29. The molecule has 3 rings (SSSR count). The number of urea groups is 1. The Morgan fingerprint density at radius 1 is 1.17 bits per heavy atom. The quantitative estimate of drug-likeness (QED) is 0.439. The molecular weight excluding hydrogens is 496 g/mol. The second kappa shape index (κ2) is 10.5. The summed E-state index contributed by atoms with van der Waals surface area (Å²) >= 11 is 0. The van der Waals surface area contributed by atoms with Crippen molar-refractivity contribution in [1.29, 1.82) is 0 Å². The SMILES string of the molecule is CCN(C(=O)NC(CCC(F)(F)F)C(F)(F)F)C(C)c1cc(-c2cn3ccnc3c(OC)n2)ncn1. The van der Waals surface area contributed by atoms with Crippen molar-refractivity contribution in [2.45, 2.75) is 51.1 Å². The van der Waals surface area contributed by atoms with Crippen LogP contribution in [0.4, 0.5) is 31.1 Å². The third-order valence-corrected chi connectivity index (χ3v) is 5.39. The van der Waals surface area contributed by atoms with Crippen LogP contribution in [-0.2, 0) is 0 Å². The van der Waals surface area contributed by atoms with Crippen molar-refractivity contribution in [2.75, 3.05) is 13.7 Å². The molecule has 9 nitrogen and oxygen atoms in total. The summed E-state index contributed by atoms with van der Waals surface area (Å²) < 4.78 is 84.3. The smallest absolute Gasteiger partial charge is 0.408 e. The van der Waals surface area contributed by atoms with Crippen LogP contribution in [0.1, 0.15) is 38.4 Å². The van der Waals surface area contributed by atoms with E-state index in [9.17, 15) is 31.1 Å². The number of methoxy groups -OCH3 is 1. The Kier molecular flexibility index (Phi) is 7.89. The number of hydrogen-bond donors (Lipinski definition) is 1. The number of amides is 2. The van der Waals surface area contributed by atoms with E-state index in [2.05, 4.69) is 19.9 Å². The molecule has 0 bridgehead atoms. The Morgan fingerprint density at radius 2 is 1.89 bits per heavy atom. The number of hydrogen-bond acceptors (Lipinski definition) is 6. The van der Waals surface area contributed by atoms with Gasteiger partial charge in [-0.25, -0.2) is 24.7 Å². The number of carbonyl (C=O) groups is 1. The summed E-state index contributed by atoms with van der Waals surface area (Å²) in [6.45, 7) is 3.01. The van der Waals surface area contributed by atoms with Gasteiger partial charge in [0.1, 0.15) is 18.1 Å². The fourth-order valence-electron chi connectivity index (χ4n) is 3.51. The van der Waals surface area contributed by atoms with Crippen LogP contribution in [0.5, 0.6) is 5.88 Å². The fraction of sp³-hybridized carbons (Fsp3) is 0.476. The number of aromatic nitrogens is 5. The Bertz CT molecular complexity index is 1200. The molecule has 3 heterocycles. The number of nitrogens with one attached hydrogen (secondary N) is 1. The van der Waals surface area contributed by atoms with Gasteiger partial charge >= 0.3 is 18.4 Å². The van der Waals surface area contributed by atoms with Crippen LogP contribution in [-0.4, -0.2) is 67.3 Å². The molecule has 0 aliphatic rings.